The van der Waals surface area contributed by atoms with Crippen molar-refractivity contribution >= 4 is 11.7 Å². The van der Waals surface area contributed by atoms with Crippen molar-refractivity contribution in [2.24, 2.45) is 0 Å². The van der Waals surface area contributed by atoms with Gasteiger partial charge in [0.15, 0.2) is 0 Å². The average molecular weight is 203 g/mol. The van der Waals surface area contributed by atoms with Gasteiger partial charge in [-0.1, -0.05) is 12.1 Å². The lowest BCUT2D eigenvalue weighted by Gasteiger charge is -2.03. The SMILES string of the molecule is Nc1ccccc1C(=O)Oc1cnc[nH]1. The molecule has 1 aromatic carbocycles. The predicted molar refractivity (Wildman–Crippen MR) is 54.4 cm³/mol. The number of rotatable bonds is 2. The van der Waals surface area contributed by atoms with Gasteiger partial charge in [0.1, 0.15) is 0 Å². The fraction of sp³-hybridized carbons (Fsp3) is 0. The van der Waals surface area contributed by atoms with Gasteiger partial charge in [-0.05, 0) is 12.1 Å². The van der Waals surface area contributed by atoms with Gasteiger partial charge in [-0.3, -0.25) is 0 Å². The standard InChI is InChI=1S/C10H9N3O2/c11-8-4-2-1-3-7(8)10(14)15-9-5-12-6-13-9/h1-6H,11H2,(H,12,13). The smallest absolute Gasteiger partial charge is 0.346 e. The van der Waals surface area contributed by atoms with Crippen molar-refractivity contribution in [1.82, 2.24) is 9.97 Å². The number of carbonyl (C=O) groups excluding carboxylic acids is 1. The Bertz CT molecular complexity index is 465. The number of hydrogen-bond donors (Lipinski definition) is 2. The number of anilines is 1. The van der Waals surface area contributed by atoms with Crippen LogP contribution in [0.4, 0.5) is 5.69 Å². The molecule has 0 aliphatic heterocycles. The Kier molecular flexibility index (Phi) is 2.37. The first-order valence-electron chi connectivity index (χ1n) is 4.32. The molecule has 1 aromatic heterocycles. The van der Waals surface area contributed by atoms with Crippen LogP contribution in [0.25, 0.3) is 0 Å². The molecule has 0 unspecified atom stereocenters. The number of nitrogens with two attached hydrogens (primary N) is 1. The predicted octanol–water partition coefficient (Wildman–Crippen LogP) is 1.21. The van der Waals surface area contributed by atoms with Crippen molar-refractivity contribution in [2.75, 3.05) is 5.73 Å². The number of benzene rings is 1. The number of aromatic amines is 1. The molecule has 5 nitrogen and oxygen atoms in total. The molecule has 5 heteroatoms. The van der Waals surface area contributed by atoms with E-state index < -0.39 is 5.97 Å². The van der Waals surface area contributed by atoms with Crippen molar-refractivity contribution in [3.05, 3.63) is 42.4 Å². The summed E-state index contributed by atoms with van der Waals surface area (Å²) in [5, 5.41) is 0. The maximum absolute atomic E-state index is 11.6. The van der Waals surface area contributed by atoms with Crippen LogP contribution in [0.15, 0.2) is 36.8 Å². The molecule has 0 amide bonds. The van der Waals surface area contributed by atoms with Crippen LogP contribution in [0.2, 0.25) is 0 Å². The lowest BCUT2D eigenvalue weighted by Crippen LogP contribution is -2.11. The molecule has 2 rings (SSSR count). The Labute approximate surface area is 85.9 Å². The number of carbonyl (C=O) groups is 1. The molecule has 3 N–H and O–H groups in total. The highest BCUT2D eigenvalue weighted by Gasteiger charge is 2.11. The molecule has 0 aliphatic carbocycles. The highest BCUT2D eigenvalue weighted by molar-refractivity contribution is 5.96. The maximum Gasteiger partial charge on any atom is 0.346 e. The third-order valence-electron chi connectivity index (χ3n) is 1.86. The van der Waals surface area contributed by atoms with Crippen LogP contribution >= 0.6 is 0 Å². The molecule has 0 fully saturated rings. The van der Waals surface area contributed by atoms with E-state index in [9.17, 15) is 4.79 Å². The molecular formula is C10H9N3O2. The summed E-state index contributed by atoms with van der Waals surface area (Å²) >= 11 is 0. The van der Waals surface area contributed by atoms with Crippen molar-refractivity contribution in [3.63, 3.8) is 0 Å². The highest BCUT2D eigenvalue weighted by atomic mass is 16.5. The van der Waals surface area contributed by atoms with Crippen LogP contribution in [0, 0.1) is 0 Å². The number of para-hydroxylation sites is 1. The topological polar surface area (TPSA) is 81.0 Å². The molecule has 15 heavy (non-hydrogen) atoms. The van der Waals surface area contributed by atoms with E-state index in [0.717, 1.165) is 0 Å². The zero-order valence-electron chi connectivity index (χ0n) is 7.81. The van der Waals surface area contributed by atoms with Gasteiger partial charge in [0, 0.05) is 5.69 Å². The molecule has 76 valence electrons. The van der Waals surface area contributed by atoms with Crippen LogP contribution in [-0.2, 0) is 0 Å². The van der Waals surface area contributed by atoms with Crippen molar-refractivity contribution in [3.8, 4) is 5.88 Å². The number of H-pyrrole nitrogens is 1. The minimum absolute atomic E-state index is 0.295. The molecule has 1 heterocycles. The molecule has 0 radical (unpaired) electrons. The van der Waals surface area contributed by atoms with E-state index >= 15 is 0 Å². The summed E-state index contributed by atoms with van der Waals surface area (Å²) in [6.45, 7) is 0. The van der Waals surface area contributed by atoms with Crippen LogP contribution in [0.1, 0.15) is 10.4 Å². The molecular weight excluding hydrogens is 194 g/mol. The van der Waals surface area contributed by atoms with E-state index in [1.54, 1.807) is 24.3 Å². The van der Waals surface area contributed by atoms with E-state index in [4.69, 9.17) is 10.5 Å². The second kappa shape index (κ2) is 3.83. The normalized spacial score (nSPS) is 9.87. The Balaban J connectivity index is 2.19. The minimum atomic E-state index is -0.502. The van der Waals surface area contributed by atoms with Crippen LogP contribution in [-0.4, -0.2) is 15.9 Å². The number of ether oxygens (including phenoxy) is 1. The van der Waals surface area contributed by atoms with Gasteiger partial charge in [-0.25, -0.2) is 9.78 Å². The van der Waals surface area contributed by atoms with E-state index in [2.05, 4.69) is 9.97 Å². The molecule has 0 aliphatic rings. The lowest BCUT2D eigenvalue weighted by molar-refractivity contribution is 0.0729. The number of nitrogen functional groups attached to an aromatic ring is 1. The number of hydrogen-bond acceptors (Lipinski definition) is 4. The number of imidazole rings is 1. The number of aromatic nitrogens is 2. The summed E-state index contributed by atoms with van der Waals surface area (Å²) in [6, 6.07) is 6.72. The van der Waals surface area contributed by atoms with E-state index in [1.807, 2.05) is 0 Å². The van der Waals surface area contributed by atoms with Gasteiger partial charge in [0.2, 0.25) is 5.88 Å². The minimum Gasteiger partial charge on any atom is -0.404 e. The fourth-order valence-corrected chi connectivity index (χ4v) is 1.14. The zero-order valence-corrected chi connectivity index (χ0v) is 7.81. The number of nitrogens with one attached hydrogen (secondary N) is 1. The largest absolute Gasteiger partial charge is 0.404 e. The van der Waals surface area contributed by atoms with Gasteiger partial charge in [0.05, 0.1) is 18.1 Å². The lowest BCUT2D eigenvalue weighted by atomic mass is 10.2. The van der Waals surface area contributed by atoms with Gasteiger partial charge < -0.3 is 15.5 Å². The Morgan fingerprint density at radius 1 is 1.40 bits per heavy atom. The third kappa shape index (κ3) is 1.96. The first-order chi connectivity index (χ1) is 7.27. The fourth-order valence-electron chi connectivity index (χ4n) is 1.14. The number of esters is 1. The molecule has 0 saturated carbocycles. The molecule has 0 bridgehead atoms. The van der Waals surface area contributed by atoms with E-state index in [-0.39, 0.29) is 0 Å². The summed E-state index contributed by atoms with van der Waals surface area (Å²) in [5.41, 5.74) is 6.35. The first-order valence-corrected chi connectivity index (χ1v) is 4.32. The van der Waals surface area contributed by atoms with Gasteiger partial charge in [0.25, 0.3) is 0 Å². The average Bonchev–Trinajstić information content (AvgIpc) is 2.71. The van der Waals surface area contributed by atoms with Crippen molar-refractivity contribution < 1.29 is 9.53 Å². The van der Waals surface area contributed by atoms with Crippen molar-refractivity contribution in [2.45, 2.75) is 0 Å². The summed E-state index contributed by atoms with van der Waals surface area (Å²) < 4.78 is 4.98. The highest BCUT2D eigenvalue weighted by Crippen LogP contribution is 2.13. The zero-order chi connectivity index (χ0) is 10.7. The summed E-state index contributed by atoms with van der Waals surface area (Å²) in [5.74, 6) is -0.208. The number of nitrogens with zero attached hydrogens (tertiary/aromatic N) is 1. The van der Waals surface area contributed by atoms with Crippen LogP contribution in [0.3, 0.4) is 0 Å². The summed E-state index contributed by atoms with van der Waals surface area (Å²) in [7, 11) is 0. The maximum atomic E-state index is 11.6. The Hall–Kier alpha value is -2.30. The first kappa shape index (κ1) is 9.26. The van der Waals surface area contributed by atoms with Crippen LogP contribution in [0.5, 0.6) is 5.88 Å². The third-order valence-corrected chi connectivity index (χ3v) is 1.86. The van der Waals surface area contributed by atoms with Crippen LogP contribution < -0.4 is 10.5 Å². The van der Waals surface area contributed by atoms with E-state index in [1.165, 1.54) is 12.5 Å². The van der Waals surface area contributed by atoms with Crippen molar-refractivity contribution in [1.29, 1.82) is 0 Å². The van der Waals surface area contributed by atoms with Gasteiger partial charge in [-0.2, -0.15) is 0 Å². The molecule has 0 spiro atoms. The molecule has 2 aromatic rings. The molecule has 0 saturated heterocycles. The quantitative estimate of drug-likeness (QED) is 0.567. The van der Waals surface area contributed by atoms with E-state index in [0.29, 0.717) is 17.1 Å². The summed E-state index contributed by atoms with van der Waals surface area (Å²) in [4.78, 5) is 18.0. The Morgan fingerprint density at radius 2 is 2.20 bits per heavy atom. The second-order valence-electron chi connectivity index (χ2n) is 2.89. The Morgan fingerprint density at radius 3 is 2.87 bits per heavy atom. The van der Waals surface area contributed by atoms with Gasteiger partial charge in [-0.15, -0.1) is 0 Å². The second-order valence-corrected chi connectivity index (χ2v) is 2.89. The summed E-state index contributed by atoms with van der Waals surface area (Å²) in [6.07, 6.45) is 2.84. The monoisotopic (exact) mass is 203 g/mol. The van der Waals surface area contributed by atoms with Gasteiger partial charge >= 0.3 is 5.97 Å². The molecule has 0 atom stereocenters.